The summed E-state index contributed by atoms with van der Waals surface area (Å²) in [6, 6.07) is 6.62. The molecular formula is C16H21N3O4. The number of rotatable bonds is 3. The number of morpholine rings is 1. The number of nitro groups is 1. The third kappa shape index (κ3) is 3.61. The summed E-state index contributed by atoms with van der Waals surface area (Å²) in [7, 11) is 0. The fourth-order valence-electron chi connectivity index (χ4n) is 3.21. The second-order valence-electron chi connectivity index (χ2n) is 5.97. The minimum Gasteiger partial charge on any atom is -0.378 e. The van der Waals surface area contributed by atoms with E-state index in [9.17, 15) is 14.9 Å². The van der Waals surface area contributed by atoms with Crippen molar-refractivity contribution in [3.05, 3.63) is 34.4 Å². The molecule has 0 aliphatic carbocycles. The second kappa shape index (κ2) is 6.95. The highest BCUT2D eigenvalue weighted by atomic mass is 16.6. The molecule has 2 aliphatic heterocycles. The van der Waals surface area contributed by atoms with Crippen molar-refractivity contribution in [1.29, 1.82) is 0 Å². The number of nitrogens with zero attached hydrogens (tertiary/aromatic N) is 3. The number of hydrogen-bond acceptors (Lipinski definition) is 5. The molecular weight excluding hydrogens is 298 g/mol. The summed E-state index contributed by atoms with van der Waals surface area (Å²) in [5.74, 6) is 0.332. The third-order valence-electron chi connectivity index (χ3n) is 4.59. The fourth-order valence-corrected chi connectivity index (χ4v) is 3.21. The summed E-state index contributed by atoms with van der Waals surface area (Å²) in [4.78, 5) is 26.9. The van der Waals surface area contributed by atoms with Crippen LogP contribution >= 0.6 is 0 Å². The van der Waals surface area contributed by atoms with Gasteiger partial charge in [0.25, 0.3) is 5.69 Å². The van der Waals surface area contributed by atoms with Crippen LogP contribution in [0.1, 0.15) is 12.8 Å². The van der Waals surface area contributed by atoms with Gasteiger partial charge in [-0.1, -0.05) is 0 Å². The van der Waals surface area contributed by atoms with E-state index in [-0.39, 0.29) is 17.5 Å². The number of non-ortho nitro benzene ring substituents is 1. The summed E-state index contributed by atoms with van der Waals surface area (Å²) >= 11 is 0. The van der Waals surface area contributed by atoms with Gasteiger partial charge in [0, 0.05) is 49.9 Å². The Bertz CT molecular complexity index is 561. The first-order valence-electron chi connectivity index (χ1n) is 8.01. The zero-order valence-corrected chi connectivity index (χ0v) is 13.0. The van der Waals surface area contributed by atoms with Crippen LogP contribution in [0.25, 0.3) is 0 Å². The summed E-state index contributed by atoms with van der Waals surface area (Å²) in [6.45, 7) is 4.26. The van der Waals surface area contributed by atoms with E-state index in [2.05, 4.69) is 4.90 Å². The largest absolute Gasteiger partial charge is 0.378 e. The van der Waals surface area contributed by atoms with Crippen LogP contribution in [0.4, 0.5) is 11.4 Å². The molecule has 0 bridgehead atoms. The molecule has 1 aromatic rings. The SMILES string of the molecule is O=C(C1CCN(c2ccc([N+](=O)[O-])cc2)CC1)N1CCOCC1. The number of carbonyl (C=O) groups excluding carboxylic acids is 1. The number of ether oxygens (including phenoxy) is 1. The molecule has 0 N–H and O–H groups in total. The molecule has 7 nitrogen and oxygen atoms in total. The van der Waals surface area contributed by atoms with Crippen molar-refractivity contribution in [2.24, 2.45) is 5.92 Å². The molecule has 1 amide bonds. The number of piperidine rings is 1. The molecule has 124 valence electrons. The van der Waals surface area contributed by atoms with Crippen molar-refractivity contribution >= 4 is 17.3 Å². The molecule has 2 fully saturated rings. The lowest BCUT2D eigenvalue weighted by molar-refractivity contribution is -0.384. The van der Waals surface area contributed by atoms with Crippen molar-refractivity contribution in [1.82, 2.24) is 4.90 Å². The topological polar surface area (TPSA) is 75.9 Å². The Morgan fingerprint density at radius 1 is 1.09 bits per heavy atom. The maximum atomic E-state index is 12.5. The predicted octanol–water partition coefficient (Wildman–Crippen LogP) is 1.67. The summed E-state index contributed by atoms with van der Waals surface area (Å²) in [5, 5.41) is 10.7. The average molecular weight is 319 g/mol. The lowest BCUT2D eigenvalue weighted by Gasteiger charge is -2.36. The van der Waals surface area contributed by atoms with E-state index in [0.717, 1.165) is 31.6 Å². The maximum Gasteiger partial charge on any atom is 0.269 e. The van der Waals surface area contributed by atoms with Gasteiger partial charge in [0.2, 0.25) is 5.91 Å². The Kier molecular flexibility index (Phi) is 4.76. The highest BCUT2D eigenvalue weighted by molar-refractivity contribution is 5.79. The average Bonchev–Trinajstić information content (AvgIpc) is 2.62. The van der Waals surface area contributed by atoms with Crippen LogP contribution in [0, 0.1) is 16.0 Å². The zero-order chi connectivity index (χ0) is 16.2. The second-order valence-corrected chi connectivity index (χ2v) is 5.97. The highest BCUT2D eigenvalue weighted by Crippen LogP contribution is 2.26. The van der Waals surface area contributed by atoms with Crippen LogP contribution in [0.2, 0.25) is 0 Å². The van der Waals surface area contributed by atoms with E-state index < -0.39 is 4.92 Å². The Morgan fingerprint density at radius 2 is 1.70 bits per heavy atom. The number of amides is 1. The number of hydrogen-bond donors (Lipinski definition) is 0. The minimum atomic E-state index is -0.392. The standard InChI is InChI=1S/C16H21N3O4/c20-16(18-9-11-23-12-10-18)13-5-7-17(8-6-13)14-1-3-15(4-2-14)19(21)22/h1-4,13H,5-12H2. The Labute approximate surface area is 135 Å². The summed E-state index contributed by atoms with van der Waals surface area (Å²) in [5.41, 5.74) is 1.08. The van der Waals surface area contributed by atoms with Gasteiger partial charge in [0.1, 0.15) is 0 Å². The molecule has 0 radical (unpaired) electrons. The first-order chi connectivity index (χ1) is 11.1. The van der Waals surface area contributed by atoms with Gasteiger partial charge in [-0.15, -0.1) is 0 Å². The van der Waals surface area contributed by atoms with Gasteiger partial charge >= 0.3 is 0 Å². The molecule has 0 saturated carbocycles. The monoisotopic (exact) mass is 319 g/mol. The number of nitro benzene ring substituents is 1. The smallest absolute Gasteiger partial charge is 0.269 e. The van der Waals surface area contributed by atoms with Gasteiger partial charge in [0.15, 0.2) is 0 Å². The highest BCUT2D eigenvalue weighted by Gasteiger charge is 2.29. The van der Waals surface area contributed by atoms with Gasteiger partial charge in [-0.25, -0.2) is 0 Å². The van der Waals surface area contributed by atoms with Crippen molar-refractivity contribution in [3.8, 4) is 0 Å². The summed E-state index contributed by atoms with van der Waals surface area (Å²) in [6.07, 6.45) is 1.65. The van der Waals surface area contributed by atoms with E-state index in [4.69, 9.17) is 4.74 Å². The molecule has 2 heterocycles. The van der Waals surface area contributed by atoms with E-state index in [1.165, 1.54) is 12.1 Å². The molecule has 0 spiro atoms. The first-order valence-corrected chi connectivity index (χ1v) is 8.01. The Morgan fingerprint density at radius 3 is 2.26 bits per heavy atom. The zero-order valence-electron chi connectivity index (χ0n) is 13.0. The van der Waals surface area contributed by atoms with Crippen LogP contribution in [-0.2, 0) is 9.53 Å². The van der Waals surface area contributed by atoms with E-state index in [1.807, 2.05) is 4.90 Å². The minimum absolute atomic E-state index is 0.0856. The first kappa shape index (κ1) is 15.7. The molecule has 2 aliphatic rings. The van der Waals surface area contributed by atoms with Crippen molar-refractivity contribution in [2.45, 2.75) is 12.8 Å². The van der Waals surface area contributed by atoms with Gasteiger partial charge in [-0.3, -0.25) is 14.9 Å². The van der Waals surface area contributed by atoms with Crippen LogP contribution in [-0.4, -0.2) is 55.1 Å². The van der Waals surface area contributed by atoms with Gasteiger partial charge in [0.05, 0.1) is 18.1 Å². The van der Waals surface area contributed by atoms with Gasteiger partial charge in [-0.05, 0) is 25.0 Å². The van der Waals surface area contributed by atoms with Crippen molar-refractivity contribution < 1.29 is 14.5 Å². The Balaban J connectivity index is 1.55. The molecule has 0 unspecified atom stereocenters. The van der Waals surface area contributed by atoms with Gasteiger partial charge < -0.3 is 14.5 Å². The van der Waals surface area contributed by atoms with Crippen molar-refractivity contribution in [2.75, 3.05) is 44.3 Å². The number of carbonyl (C=O) groups is 1. The van der Waals surface area contributed by atoms with Gasteiger partial charge in [-0.2, -0.15) is 0 Å². The maximum absolute atomic E-state index is 12.5. The number of benzene rings is 1. The van der Waals surface area contributed by atoms with Crippen LogP contribution in [0.3, 0.4) is 0 Å². The molecule has 2 saturated heterocycles. The fraction of sp³-hybridized carbons (Fsp3) is 0.562. The van der Waals surface area contributed by atoms with E-state index in [0.29, 0.717) is 26.3 Å². The molecule has 1 aromatic carbocycles. The quantitative estimate of drug-likeness (QED) is 0.626. The number of anilines is 1. The van der Waals surface area contributed by atoms with Crippen LogP contribution in [0.15, 0.2) is 24.3 Å². The van der Waals surface area contributed by atoms with E-state index in [1.54, 1.807) is 12.1 Å². The molecule has 0 aromatic heterocycles. The van der Waals surface area contributed by atoms with Crippen LogP contribution in [0.5, 0.6) is 0 Å². The lowest BCUT2D eigenvalue weighted by Crippen LogP contribution is -2.46. The van der Waals surface area contributed by atoms with Crippen molar-refractivity contribution in [3.63, 3.8) is 0 Å². The molecule has 23 heavy (non-hydrogen) atoms. The van der Waals surface area contributed by atoms with E-state index >= 15 is 0 Å². The molecule has 7 heteroatoms. The van der Waals surface area contributed by atoms with Crippen LogP contribution < -0.4 is 4.90 Å². The summed E-state index contributed by atoms with van der Waals surface area (Å²) < 4.78 is 5.29. The lowest BCUT2D eigenvalue weighted by atomic mass is 9.94. The Hall–Kier alpha value is -2.15. The predicted molar refractivity (Wildman–Crippen MR) is 85.4 cm³/mol. The normalized spacial score (nSPS) is 19.7. The molecule has 3 rings (SSSR count). The third-order valence-corrected chi connectivity index (χ3v) is 4.59. The molecule has 0 atom stereocenters.